The number of aromatic carboxylic acids is 1. The molecule has 0 bridgehead atoms. The molecule has 3 N–H and O–H groups in total. The number of aryl methyl sites for hydroxylation is 2. The van der Waals surface area contributed by atoms with E-state index in [1.165, 1.54) is 6.07 Å². The number of aromatic hydroxyl groups is 2. The number of phenolic OH excluding ortho intramolecular Hbond substituents is 2. The van der Waals surface area contributed by atoms with Gasteiger partial charge in [-0.25, -0.2) is 9.59 Å². The van der Waals surface area contributed by atoms with Crippen molar-refractivity contribution >= 4 is 43.8 Å². The third kappa shape index (κ3) is 3.19. The summed E-state index contributed by atoms with van der Waals surface area (Å²) < 4.78 is 7.32. The molecule has 4 rings (SSSR count). The lowest BCUT2D eigenvalue weighted by Gasteiger charge is -2.35. The van der Waals surface area contributed by atoms with Crippen LogP contribution in [0.25, 0.3) is 0 Å². The van der Waals surface area contributed by atoms with Crippen LogP contribution in [0.4, 0.5) is 0 Å². The molecule has 0 atom stereocenters. The van der Waals surface area contributed by atoms with E-state index in [4.69, 9.17) is 4.74 Å². The van der Waals surface area contributed by atoms with Crippen molar-refractivity contribution in [3.05, 3.63) is 89.3 Å². The van der Waals surface area contributed by atoms with Gasteiger partial charge in [-0.2, -0.15) is 0 Å². The molecule has 3 aromatic carbocycles. The van der Waals surface area contributed by atoms with Crippen molar-refractivity contribution in [1.29, 1.82) is 0 Å². The fraction of sp³-hybridized carbons (Fsp3) is 0.200. The number of ether oxygens (including phenoxy) is 1. The zero-order valence-corrected chi connectivity index (χ0v) is 21.4. The van der Waals surface area contributed by atoms with E-state index in [1.54, 1.807) is 52.0 Å². The first-order valence-corrected chi connectivity index (χ1v) is 11.6. The number of carboxylic acids is 1. The van der Waals surface area contributed by atoms with Gasteiger partial charge in [-0.1, -0.05) is 44.0 Å². The first-order chi connectivity index (χ1) is 15.4. The Morgan fingerprint density at radius 1 is 0.909 bits per heavy atom. The quantitative estimate of drug-likeness (QED) is 0.330. The van der Waals surface area contributed by atoms with Gasteiger partial charge in [0, 0.05) is 25.6 Å². The second-order valence-electron chi connectivity index (χ2n) is 8.16. The van der Waals surface area contributed by atoms with Crippen LogP contribution in [-0.2, 0) is 10.3 Å². The van der Waals surface area contributed by atoms with Gasteiger partial charge in [-0.05, 0) is 68.1 Å². The van der Waals surface area contributed by atoms with Gasteiger partial charge in [-0.3, -0.25) is 0 Å². The van der Waals surface area contributed by atoms with E-state index >= 15 is 0 Å². The third-order valence-electron chi connectivity index (χ3n) is 6.18. The van der Waals surface area contributed by atoms with Crippen LogP contribution < -0.4 is 0 Å². The van der Waals surface area contributed by atoms with E-state index in [1.807, 2.05) is 0 Å². The Morgan fingerprint density at radius 2 is 1.39 bits per heavy atom. The third-order valence-corrected chi connectivity index (χ3v) is 8.23. The average molecular weight is 576 g/mol. The molecule has 33 heavy (non-hydrogen) atoms. The molecule has 0 fully saturated rings. The van der Waals surface area contributed by atoms with Crippen molar-refractivity contribution in [3.63, 3.8) is 0 Å². The van der Waals surface area contributed by atoms with Crippen LogP contribution in [0, 0.1) is 27.7 Å². The summed E-state index contributed by atoms with van der Waals surface area (Å²) in [4.78, 5) is 25.3. The Hall–Kier alpha value is -2.84. The molecular weight excluding hydrogens is 556 g/mol. The van der Waals surface area contributed by atoms with E-state index in [0.717, 1.165) is 0 Å². The normalized spacial score (nSPS) is 14.2. The van der Waals surface area contributed by atoms with E-state index < -0.39 is 17.5 Å². The van der Waals surface area contributed by atoms with Gasteiger partial charge in [0.15, 0.2) is 5.60 Å². The smallest absolute Gasteiger partial charge is 0.341 e. The van der Waals surface area contributed by atoms with Crippen molar-refractivity contribution in [1.82, 2.24) is 0 Å². The number of hydrogen-bond acceptors (Lipinski definition) is 5. The highest BCUT2D eigenvalue weighted by molar-refractivity contribution is 9.11. The zero-order valence-electron chi connectivity index (χ0n) is 18.2. The van der Waals surface area contributed by atoms with Crippen molar-refractivity contribution in [3.8, 4) is 11.5 Å². The lowest BCUT2D eigenvalue weighted by atomic mass is 9.75. The highest BCUT2D eigenvalue weighted by Crippen LogP contribution is 2.56. The number of halogens is 2. The molecule has 0 spiro atoms. The second kappa shape index (κ2) is 7.88. The molecule has 170 valence electrons. The molecule has 0 amide bonds. The number of benzene rings is 3. The van der Waals surface area contributed by atoms with Gasteiger partial charge in [-0.15, -0.1) is 0 Å². The van der Waals surface area contributed by atoms with Crippen LogP contribution in [0.15, 0.2) is 39.3 Å². The highest BCUT2D eigenvalue weighted by Gasteiger charge is 2.54. The summed E-state index contributed by atoms with van der Waals surface area (Å²) in [7, 11) is 0. The van der Waals surface area contributed by atoms with E-state index in [-0.39, 0.29) is 22.6 Å². The summed E-state index contributed by atoms with van der Waals surface area (Å²) in [6, 6.07) is 7.74. The number of hydrogen-bond donors (Lipinski definition) is 3. The number of carboxylic acid groups (broad SMARTS) is 1. The zero-order chi connectivity index (χ0) is 24.4. The summed E-state index contributed by atoms with van der Waals surface area (Å²) in [6.45, 7) is 6.98. The van der Waals surface area contributed by atoms with E-state index in [9.17, 15) is 24.9 Å². The molecule has 0 saturated carbocycles. The van der Waals surface area contributed by atoms with Gasteiger partial charge in [0.1, 0.15) is 11.5 Å². The summed E-state index contributed by atoms with van der Waals surface area (Å²) in [5.41, 5.74) is 1.59. The molecular formula is C25H20Br2O6. The van der Waals surface area contributed by atoms with Crippen LogP contribution in [0.3, 0.4) is 0 Å². The summed E-state index contributed by atoms with van der Waals surface area (Å²) in [5, 5.41) is 31.2. The lowest BCUT2D eigenvalue weighted by molar-refractivity contribution is 0.0239. The Balaban J connectivity index is 2.31. The van der Waals surface area contributed by atoms with Crippen LogP contribution >= 0.6 is 31.9 Å². The van der Waals surface area contributed by atoms with Crippen molar-refractivity contribution in [2.75, 3.05) is 0 Å². The fourth-order valence-electron chi connectivity index (χ4n) is 4.56. The molecule has 8 heteroatoms. The first kappa shape index (κ1) is 23.3. The minimum Gasteiger partial charge on any atom is -0.508 e. The molecule has 0 unspecified atom stereocenters. The van der Waals surface area contributed by atoms with Gasteiger partial charge in [0.05, 0.1) is 11.1 Å². The van der Waals surface area contributed by atoms with Gasteiger partial charge < -0.3 is 20.1 Å². The number of carbonyl (C=O) groups excluding carboxylic acids is 1. The largest absolute Gasteiger partial charge is 0.508 e. The standard InChI is InChI=1S/C25H20Br2O6/c1-10-8-16(28)12(3)19(21(10)26)25(20-13(4)17(29)9-11(2)22(20)27)15-7-5-6-14(23(30)31)18(15)24(32)33-25/h5-9,28-29H,1-4H3,(H,30,31). The van der Waals surface area contributed by atoms with E-state index in [2.05, 4.69) is 31.9 Å². The van der Waals surface area contributed by atoms with Gasteiger partial charge in [0.2, 0.25) is 0 Å². The minimum atomic E-state index is -1.64. The number of phenols is 2. The Kier molecular flexibility index (Phi) is 5.57. The molecule has 1 aliphatic rings. The van der Waals surface area contributed by atoms with Crippen molar-refractivity contribution < 1.29 is 29.6 Å². The predicted octanol–water partition coefficient (Wildman–Crippen LogP) is 6.02. The monoisotopic (exact) mass is 574 g/mol. The molecule has 0 saturated heterocycles. The molecule has 1 heterocycles. The molecule has 1 aliphatic heterocycles. The lowest BCUT2D eigenvalue weighted by Crippen LogP contribution is -2.33. The maximum atomic E-state index is 13.3. The number of cyclic esters (lactones) is 1. The van der Waals surface area contributed by atoms with Crippen LogP contribution in [0.2, 0.25) is 0 Å². The number of esters is 1. The SMILES string of the molecule is Cc1cc(O)c(C)c(C2(c3c(C)c(O)cc(C)c3Br)OC(=O)c3c(C(=O)O)cccc32)c1Br. The summed E-state index contributed by atoms with van der Waals surface area (Å²) >= 11 is 7.23. The Labute approximate surface area is 207 Å². The average Bonchev–Trinajstić information content (AvgIpc) is 3.04. The Morgan fingerprint density at radius 3 is 1.85 bits per heavy atom. The predicted molar refractivity (Wildman–Crippen MR) is 129 cm³/mol. The van der Waals surface area contributed by atoms with E-state index in [0.29, 0.717) is 47.9 Å². The second-order valence-corrected chi connectivity index (χ2v) is 9.74. The summed E-state index contributed by atoms with van der Waals surface area (Å²) in [5.74, 6) is -2.07. The van der Waals surface area contributed by atoms with Crippen LogP contribution in [0.1, 0.15) is 59.7 Å². The number of fused-ring (bicyclic) bond motifs is 1. The maximum Gasteiger partial charge on any atom is 0.341 e. The summed E-state index contributed by atoms with van der Waals surface area (Å²) in [6.07, 6.45) is 0. The number of rotatable bonds is 3. The molecule has 6 nitrogen and oxygen atoms in total. The topological polar surface area (TPSA) is 104 Å². The van der Waals surface area contributed by atoms with Gasteiger partial charge in [0.25, 0.3) is 0 Å². The first-order valence-electron chi connectivity index (χ1n) is 10.0. The number of carbonyl (C=O) groups is 2. The van der Waals surface area contributed by atoms with Crippen LogP contribution in [0.5, 0.6) is 11.5 Å². The minimum absolute atomic E-state index is 0.00499. The van der Waals surface area contributed by atoms with Crippen LogP contribution in [-0.4, -0.2) is 27.3 Å². The van der Waals surface area contributed by atoms with Crippen molar-refractivity contribution in [2.24, 2.45) is 0 Å². The molecule has 3 aromatic rings. The molecule has 0 aliphatic carbocycles. The molecule has 0 aromatic heterocycles. The molecule has 0 radical (unpaired) electrons. The fourth-order valence-corrected chi connectivity index (χ4v) is 5.94. The highest BCUT2D eigenvalue weighted by atomic mass is 79.9. The Bertz CT molecular complexity index is 1260. The maximum absolute atomic E-state index is 13.3. The van der Waals surface area contributed by atoms with Crippen molar-refractivity contribution in [2.45, 2.75) is 33.3 Å². The van der Waals surface area contributed by atoms with Gasteiger partial charge >= 0.3 is 11.9 Å².